The number of hydrogen-bond acceptors (Lipinski definition) is 2. The lowest BCUT2D eigenvalue weighted by Crippen LogP contribution is -2.31. The summed E-state index contributed by atoms with van der Waals surface area (Å²) in [6, 6.07) is 8.76. The van der Waals surface area contributed by atoms with Crippen LogP contribution in [0.1, 0.15) is 48.6 Å². The summed E-state index contributed by atoms with van der Waals surface area (Å²) >= 11 is 0. The van der Waals surface area contributed by atoms with Crippen LogP contribution in [0.2, 0.25) is 0 Å². The zero-order valence-corrected chi connectivity index (χ0v) is 10.2. The number of benzene rings is 1. The van der Waals surface area contributed by atoms with Crippen molar-refractivity contribution in [2.24, 2.45) is 5.92 Å². The van der Waals surface area contributed by atoms with E-state index in [2.05, 4.69) is 24.3 Å². The number of ether oxygens (including phenoxy) is 1. The number of methoxy groups -OCH3 is 1. The van der Waals surface area contributed by atoms with Crippen LogP contribution < -0.4 is 0 Å². The molecule has 1 aromatic carbocycles. The highest BCUT2D eigenvalue weighted by molar-refractivity contribution is 5.69. The molecule has 2 heteroatoms. The summed E-state index contributed by atoms with van der Waals surface area (Å²) in [7, 11) is 1.48. The third kappa shape index (κ3) is 1.76. The van der Waals surface area contributed by atoms with E-state index >= 15 is 0 Å². The first-order chi connectivity index (χ1) is 8.29. The molecule has 3 aliphatic rings. The first kappa shape index (κ1) is 10.8. The van der Waals surface area contributed by atoms with Gasteiger partial charge in [0.05, 0.1) is 7.11 Å². The van der Waals surface area contributed by atoms with E-state index in [1.165, 1.54) is 31.1 Å². The van der Waals surface area contributed by atoms with Gasteiger partial charge in [0.2, 0.25) is 0 Å². The van der Waals surface area contributed by atoms with E-state index in [4.69, 9.17) is 4.74 Å². The minimum absolute atomic E-state index is 0.0555. The third-order valence-corrected chi connectivity index (χ3v) is 4.47. The predicted octanol–water partition coefficient (Wildman–Crippen LogP) is 3.23. The Kier molecular flexibility index (Phi) is 2.65. The highest BCUT2D eigenvalue weighted by atomic mass is 16.5. The largest absolute Gasteiger partial charge is 0.469 e. The van der Waals surface area contributed by atoms with E-state index in [-0.39, 0.29) is 5.97 Å². The molecule has 2 nitrogen and oxygen atoms in total. The van der Waals surface area contributed by atoms with E-state index < -0.39 is 0 Å². The number of rotatable bonds is 2. The van der Waals surface area contributed by atoms with Crippen LogP contribution in [-0.4, -0.2) is 13.1 Å². The number of carbonyl (C=O) groups excluding carboxylic acids is 1. The summed E-state index contributed by atoms with van der Waals surface area (Å²) in [6.07, 6.45) is 4.28. The average Bonchev–Trinajstić information content (AvgIpc) is 2.39. The molecule has 0 heterocycles. The first-order valence-corrected chi connectivity index (χ1v) is 6.45. The van der Waals surface area contributed by atoms with Gasteiger partial charge in [-0.2, -0.15) is 0 Å². The summed E-state index contributed by atoms with van der Waals surface area (Å²) in [5.41, 5.74) is 3.02. The molecular weight excluding hydrogens is 212 g/mol. The molecule has 2 bridgehead atoms. The lowest BCUT2D eigenvalue weighted by atomic mass is 9.61. The van der Waals surface area contributed by atoms with Crippen molar-refractivity contribution in [3.8, 4) is 0 Å². The molecule has 1 aromatic rings. The van der Waals surface area contributed by atoms with Crippen molar-refractivity contribution in [1.82, 2.24) is 0 Å². The third-order valence-electron chi connectivity index (χ3n) is 4.47. The van der Waals surface area contributed by atoms with Crippen LogP contribution in [0.4, 0.5) is 0 Å². The van der Waals surface area contributed by atoms with Gasteiger partial charge in [-0.15, -0.1) is 0 Å². The molecule has 0 radical (unpaired) electrons. The minimum atomic E-state index is -0.0555. The van der Waals surface area contributed by atoms with Crippen molar-refractivity contribution in [1.29, 1.82) is 0 Å². The molecule has 0 unspecified atom stereocenters. The van der Waals surface area contributed by atoms with Crippen LogP contribution in [0.25, 0.3) is 0 Å². The second-order valence-electron chi connectivity index (χ2n) is 5.29. The van der Waals surface area contributed by atoms with Crippen LogP contribution in [0, 0.1) is 5.92 Å². The number of hydrogen-bond donors (Lipinski definition) is 0. The Bertz CT molecular complexity index is 438. The summed E-state index contributed by atoms with van der Waals surface area (Å²) in [6.45, 7) is 0. The van der Waals surface area contributed by atoms with E-state index in [0.717, 1.165) is 6.42 Å². The topological polar surface area (TPSA) is 26.3 Å². The van der Waals surface area contributed by atoms with E-state index in [0.29, 0.717) is 24.2 Å². The summed E-state index contributed by atoms with van der Waals surface area (Å²) in [5, 5.41) is 0. The molecule has 0 saturated heterocycles. The molecule has 3 aliphatic carbocycles. The van der Waals surface area contributed by atoms with Gasteiger partial charge in [-0.25, -0.2) is 0 Å². The van der Waals surface area contributed by atoms with Gasteiger partial charge in [0, 0.05) is 6.42 Å². The Morgan fingerprint density at radius 1 is 1.29 bits per heavy atom. The maximum Gasteiger partial charge on any atom is 0.305 e. The quantitative estimate of drug-likeness (QED) is 0.729. The summed E-state index contributed by atoms with van der Waals surface area (Å²) in [5.74, 6) is 1.69. The van der Waals surface area contributed by atoms with Gasteiger partial charge in [0.25, 0.3) is 0 Å². The monoisotopic (exact) mass is 230 g/mol. The molecule has 4 rings (SSSR count). The fourth-order valence-corrected chi connectivity index (χ4v) is 3.70. The SMILES string of the molecule is COC(=O)C[C@@H]1C[C@H]2CC[C@@H]1c1ccccc12. The lowest BCUT2D eigenvalue weighted by Gasteiger charge is -2.43. The van der Waals surface area contributed by atoms with Gasteiger partial charge < -0.3 is 4.74 Å². The van der Waals surface area contributed by atoms with Crippen LogP contribution in [0.5, 0.6) is 0 Å². The molecule has 0 amide bonds. The summed E-state index contributed by atoms with van der Waals surface area (Å²) < 4.78 is 4.81. The molecule has 0 aromatic heterocycles. The van der Waals surface area contributed by atoms with E-state index in [1.807, 2.05) is 0 Å². The highest BCUT2D eigenvalue weighted by Crippen LogP contribution is 2.53. The second kappa shape index (κ2) is 4.17. The van der Waals surface area contributed by atoms with Crippen molar-refractivity contribution >= 4 is 5.97 Å². The van der Waals surface area contributed by atoms with Gasteiger partial charge in [-0.3, -0.25) is 4.79 Å². The van der Waals surface area contributed by atoms with Gasteiger partial charge in [-0.1, -0.05) is 24.3 Å². The van der Waals surface area contributed by atoms with Crippen molar-refractivity contribution in [2.45, 2.75) is 37.5 Å². The molecule has 0 spiro atoms. The Labute approximate surface area is 102 Å². The van der Waals surface area contributed by atoms with Crippen LogP contribution >= 0.6 is 0 Å². The maximum atomic E-state index is 11.4. The van der Waals surface area contributed by atoms with Crippen LogP contribution in [-0.2, 0) is 9.53 Å². The fraction of sp³-hybridized carbons (Fsp3) is 0.533. The first-order valence-electron chi connectivity index (χ1n) is 6.45. The smallest absolute Gasteiger partial charge is 0.305 e. The Balaban J connectivity index is 1.88. The minimum Gasteiger partial charge on any atom is -0.469 e. The van der Waals surface area contributed by atoms with Crippen molar-refractivity contribution in [2.75, 3.05) is 7.11 Å². The number of carbonyl (C=O) groups is 1. The highest BCUT2D eigenvalue weighted by Gasteiger charge is 2.40. The number of esters is 1. The molecule has 90 valence electrons. The number of fused-ring (bicyclic) bond motifs is 2. The molecule has 17 heavy (non-hydrogen) atoms. The van der Waals surface area contributed by atoms with Crippen molar-refractivity contribution in [3.05, 3.63) is 35.4 Å². The zero-order valence-electron chi connectivity index (χ0n) is 10.2. The lowest BCUT2D eigenvalue weighted by molar-refractivity contribution is -0.142. The predicted molar refractivity (Wildman–Crippen MR) is 65.9 cm³/mol. The normalized spacial score (nSPS) is 29.8. The van der Waals surface area contributed by atoms with E-state index in [9.17, 15) is 4.79 Å². The van der Waals surface area contributed by atoms with Gasteiger partial charge >= 0.3 is 5.97 Å². The molecule has 3 atom stereocenters. The van der Waals surface area contributed by atoms with Crippen LogP contribution in [0.15, 0.2) is 24.3 Å². The molecular formula is C15H18O2. The van der Waals surface area contributed by atoms with Gasteiger partial charge in [-0.05, 0) is 48.1 Å². The molecule has 0 N–H and O–H groups in total. The van der Waals surface area contributed by atoms with Gasteiger partial charge in [0.1, 0.15) is 0 Å². The Morgan fingerprint density at radius 3 is 2.82 bits per heavy atom. The molecule has 0 aliphatic heterocycles. The maximum absolute atomic E-state index is 11.4. The van der Waals surface area contributed by atoms with Gasteiger partial charge in [0.15, 0.2) is 0 Å². The molecule has 1 fully saturated rings. The molecule has 1 saturated carbocycles. The second-order valence-corrected chi connectivity index (χ2v) is 5.29. The van der Waals surface area contributed by atoms with E-state index in [1.54, 1.807) is 0 Å². The standard InChI is InChI=1S/C15H18O2/c1-17-15(16)9-11-8-10-6-7-13(11)14-5-3-2-4-12(10)14/h2-5,10-11,13H,6-9H2,1H3/t10-,11+,13+/m1/s1. The van der Waals surface area contributed by atoms with Crippen LogP contribution in [0.3, 0.4) is 0 Å². The average molecular weight is 230 g/mol. The Hall–Kier alpha value is -1.31. The van der Waals surface area contributed by atoms with Crippen molar-refractivity contribution in [3.63, 3.8) is 0 Å². The Morgan fingerprint density at radius 2 is 2.06 bits per heavy atom. The zero-order chi connectivity index (χ0) is 11.8. The van der Waals surface area contributed by atoms with Crippen molar-refractivity contribution < 1.29 is 9.53 Å². The summed E-state index contributed by atoms with van der Waals surface area (Å²) in [4.78, 5) is 11.4. The fourth-order valence-electron chi connectivity index (χ4n) is 3.70.